The van der Waals surface area contributed by atoms with Crippen molar-refractivity contribution >= 4 is 33.7 Å². The quantitative estimate of drug-likeness (QED) is 0.341. The summed E-state index contributed by atoms with van der Waals surface area (Å²) in [7, 11) is 0. The summed E-state index contributed by atoms with van der Waals surface area (Å²) in [5, 5.41) is 0. The van der Waals surface area contributed by atoms with Crippen molar-refractivity contribution in [2.24, 2.45) is 0 Å². The maximum absolute atomic E-state index is 12.1. The summed E-state index contributed by atoms with van der Waals surface area (Å²) in [5.41, 5.74) is 1.85. The Labute approximate surface area is 133 Å². The first kappa shape index (κ1) is 15.5. The molecule has 0 aliphatic carbocycles. The van der Waals surface area contributed by atoms with Crippen LogP contribution in [0.5, 0.6) is 0 Å². The third kappa shape index (κ3) is 4.57. The fraction of sp³-hybridized carbons (Fsp3) is 0.167. The molecule has 0 spiro atoms. The van der Waals surface area contributed by atoms with Crippen molar-refractivity contribution in [2.45, 2.75) is 18.2 Å². The SMILES string of the molecule is CC(C)(Br)C(=O)OC(=Cc1ccccc1)c1ccccc1. The van der Waals surface area contributed by atoms with E-state index in [1.54, 1.807) is 13.8 Å². The maximum Gasteiger partial charge on any atom is 0.327 e. The number of hydrogen-bond donors (Lipinski definition) is 0. The number of esters is 1. The molecule has 108 valence electrons. The second-order valence-electron chi connectivity index (χ2n) is 5.15. The molecule has 0 saturated carbocycles. The molecule has 0 bridgehead atoms. The van der Waals surface area contributed by atoms with Crippen LogP contribution in [0, 0.1) is 0 Å². The van der Waals surface area contributed by atoms with Crippen LogP contribution in [-0.4, -0.2) is 10.3 Å². The van der Waals surface area contributed by atoms with Gasteiger partial charge in [-0.25, -0.2) is 0 Å². The zero-order valence-electron chi connectivity index (χ0n) is 12.0. The molecule has 0 amide bonds. The van der Waals surface area contributed by atoms with Crippen LogP contribution in [0.15, 0.2) is 60.7 Å². The third-order valence-corrected chi connectivity index (χ3v) is 3.17. The van der Waals surface area contributed by atoms with Gasteiger partial charge in [0.15, 0.2) is 0 Å². The summed E-state index contributed by atoms with van der Waals surface area (Å²) < 4.78 is 4.86. The molecule has 2 aromatic carbocycles. The molecule has 0 fully saturated rings. The van der Waals surface area contributed by atoms with E-state index in [4.69, 9.17) is 4.74 Å². The van der Waals surface area contributed by atoms with Gasteiger partial charge >= 0.3 is 5.97 Å². The number of carbonyl (C=O) groups is 1. The first-order valence-corrected chi connectivity index (χ1v) is 7.49. The number of rotatable bonds is 4. The molecule has 0 aliphatic heterocycles. The van der Waals surface area contributed by atoms with Crippen LogP contribution in [-0.2, 0) is 9.53 Å². The van der Waals surface area contributed by atoms with Crippen molar-refractivity contribution < 1.29 is 9.53 Å². The third-order valence-electron chi connectivity index (χ3n) is 2.84. The van der Waals surface area contributed by atoms with E-state index in [9.17, 15) is 4.79 Å². The van der Waals surface area contributed by atoms with Crippen LogP contribution in [0.1, 0.15) is 25.0 Å². The monoisotopic (exact) mass is 344 g/mol. The molecule has 0 heterocycles. The molecule has 3 heteroatoms. The zero-order valence-corrected chi connectivity index (χ0v) is 13.6. The Bertz CT molecular complexity index is 625. The largest absolute Gasteiger partial charge is 0.425 e. The van der Waals surface area contributed by atoms with Crippen LogP contribution in [0.4, 0.5) is 0 Å². The molecule has 2 nitrogen and oxygen atoms in total. The molecular formula is C18H17BrO2. The minimum absolute atomic E-state index is 0.325. The van der Waals surface area contributed by atoms with E-state index in [1.807, 2.05) is 66.7 Å². The molecule has 0 aromatic heterocycles. The Morgan fingerprint density at radius 2 is 1.52 bits per heavy atom. The Hall–Kier alpha value is -1.87. The molecule has 0 aliphatic rings. The minimum Gasteiger partial charge on any atom is -0.425 e. The smallest absolute Gasteiger partial charge is 0.327 e. The second kappa shape index (κ2) is 6.72. The van der Waals surface area contributed by atoms with Gasteiger partial charge in [-0.05, 0) is 25.5 Å². The average Bonchev–Trinajstić information content (AvgIpc) is 2.47. The molecule has 0 atom stereocenters. The summed E-state index contributed by atoms with van der Waals surface area (Å²) in [6.45, 7) is 3.53. The lowest BCUT2D eigenvalue weighted by Gasteiger charge is -2.17. The number of ether oxygens (including phenoxy) is 1. The number of benzene rings is 2. The second-order valence-corrected chi connectivity index (χ2v) is 7.13. The summed E-state index contributed by atoms with van der Waals surface area (Å²) in [6, 6.07) is 19.4. The lowest BCUT2D eigenvalue weighted by molar-refractivity contribution is -0.138. The normalized spacial score (nSPS) is 12.0. The minimum atomic E-state index is -0.725. The fourth-order valence-electron chi connectivity index (χ4n) is 1.70. The first-order chi connectivity index (χ1) is 9.97. The molecule has 21 heavy (non-hydrogen) atoms. The number of hydrogen-bond acceptors (Lipinski definition) is 2. The van der Waals surface area contributed by atoms with Crippen molar-refractivity contribution in [3.05, 3.63) is 71.8 Å². The lowest BCUT2D eigenvalue weighted by atomic mass is 10.1. The number of alkyl halides is 1. The van der Waals surface area contributed by atoms with Crippen molar-refractivity contribution in [1.82, 2.24) is 0 Å². The average molecular weight is 345 g/mol. The van der Waals surface area contributed by atoms with Gasteiger partial charge in [0.25, 0.3) is 0 Å². The highest BCUT2D eigenvalue weighted by atomic mass is 79.9. The van der Waals surface area contributed by atoms with E-state index in [1.165, 1.54) is 0 Å². The van der Waals surface area contributed by atoms with E-state index in [0.29, 0.717) is 5.76 Å². The van der Waals surface area contributed by atoms with E-state index in [-0.39, 0.29) is 5.97 Å². The van der Waals surface area contributed by atoms with Crippen molar-refractivity contribution in [3.63, 3.8) is 0 Å². The predicted octanol–water partition coefficient (Wildman–Crippen LogP) is 4.90. The van der Waals surface area contributed by atoms with Gasteiger partial charge in [0.2, 0.25) is 0 Å². The summed E-state index contributed by atoms with van der Waals surface area (Å²) in [4.78, 5) is 12.1. The van der Waals surface area contributed by atoms with Gasteiger partial charge in [-0.1, -0.05) is 76.6 Å². The van der Waals surface area contributed by atoms with Crippen molar-refractivity contribution in [2.75, 3.05) is 0 Å². The summed E-state index contributed by atoms with van der Waals surface area (Å²) >= 11 is 3.33. The topological polar surface area (TPSA) is 26.3 Å². The fourth-order valence-corrected chi connectivity index (χ4v) is 1.78. The molecule has 0 N–H and O–H groups in total. The van der Waals surface area contributed by atoms with Crippen LogP contribution < -0.4 is 0 Å². The van der Waals surface area contributed by atoms with Gasteiger partial charge in [-0.15, -0.1) is 0 Å². The van der Waals surface area contributed by atoms with Gasteiger partial charge in [-0.3, -0.25) is 4.79 Å². The summed E-state index contributed by atoms with van der Waals surface area (Å²) in [5.74, 6) is 0.216. The Balaban J connectivity index is 2.36. The lowest BCUT2D eigenvalue weighted by Crippen LogP contribution is -2.26. The van der Waals surface area contributed by atoms with Gasteiger partial charge in [-0.2, -0.15) is 0 Å². The summed E-state index contributed by atoms with van der Waals surface area (Å²) in [6.07, 6.45) is 1.87. The first-order valence-electron chi connectivity index (χ1n) is 6.70. The van der Waals surface area contributed by atoms with Crippen LogP contribution >= 0.6 is 15.9 Å². The van der Waals surface area contributed by atoms with E-state index >= 15 is 0 Å². The van der Waals surface area contributed by atoms with E-state index < -0.39 is 4.32 Å². The molecular weight excluding hydrogens is 328 g/mol. The van der Waals surface area contributed by atoms with Crippen LogP contribution in [0.25, 0.3) is 11.8 Å². The molecule has 0 saturated heterocycles. The van der Waals surface area contributed by atoms with Gasteiger partial charge in [0.05, 0.1) is 0 Å². The molecule has 2 rings (SSSR count). The van der Waals surface area contributed by atoms with Crippen molar-refractivity contribution in [3.8, 4) is 0 Å². The maximum atomic E-state index is 12.1. The number of carbonyl (C=O) groups excluding carboxylic acids is 1. The van der Waals surface area contributed by atoms with Gasteiger partial charge in [0.1, 0.15) is 10.1 Å². The number of halogens is 1. The van der Waals surface area contributed by atoms with Crippen molar-refractivity contribution in [1.29, 1.82) is 0 Å². The molecule has 2 aromatic rings. The van der Waals surface area contributed by atoms with E-state index in [0.717, 1.165) is 11.1 Å². The Morgan fingerprint density at radius 3 is 2.05 bits per heavy atom. The van der Waals surface area contributed by atoms with Gasteiger partial charge in [0, 0.05) is 5.56 Å². The zero-order chi connectivity index (χ0) is 15.3. The van der Waals surface area contributed by atoms with E-state index in [2.05, 4.69) is 15.9 Å². The highest BCUT2D eigenvalue weighted by Gasteiger charge is 2.27. The molecule has 0 unspecified atom stereocenters. The molecule has 0 radical (unpaired) electrons. The van der Waals surface area contributed by atoms with Crippen LogP contribution in [0.2, 0.25) is 0 Å². The van der Waals surface area contributed by atoms with Gasteiger partial charge < -0.3 is 4.74 Å². The van der Waals surface area contributed by atoms with Crippen LogP contribution in [0.3, 0.4) is 0 Å². The Morgan fingerprint density at radius 1 is 1.00 bits per heavy atom. The highest BCUT2D eigenvalue weighted by molar-refractivity contribution is 9.10. The Kier molecular flexibility index (Phi) is 4.97. The highest BCUT2D eigenvalue weighted by Crippen LogP contribution is 2.25. The standard InChI is InChI=1S/C18H17BrO2/c1-18(2,19)17(20)21-16(15-11-7-4-8-12-15)13-14-9-5-3-6-10-14/h3-13H,1-2H3. The predicted molar refractivity (Wildman–Crippen MR) is 89.9 cm³/mol.